The summed E-state index contributed by atoms with van der Waals surface area (Å²) in [5.74, 6) is 0.637. The van der Waals surface area contributed by atoms with E-state index in [1.165, 1.54) is 0 Å². The number of nitrogen functional groups attached to an aromatic ring is 1. The molecule has 0 bridgehead atoms. The zero-order valence-electron chi connectivity index (χ0n) is 9.04. The summed E-state index contributed by atoms with van der Waals surface area (Å²) in [5, 5.41) is 3.27. The maximum atomic E-state index is 5.50. The molecule has 0 spiro atoms. The Bertz CT molecular complexity index is 279. The fraction of sp³-hybridized carbons (Fsp3) is 0.600. The largest absolute Gasteiger partial charge is 0.396 e. The van der Waals surface area contributed by atoms with E-state index in [4.69, 9.17) is 5.73 Å². The van der Waals surface area contributed by atoms with Crippen LogP contribution in [0.25, 0.3) is 0 Å². The molecule has 0 fully saturated rings. The van der Waals surface area contributed by atoms with Gasteiger partial charge in [0.1, 0.15) is 0 Å². The Hall–Kier alpha value is -1.32. The first-order valence-corrected chi connectivity index (χ1v) is 4.89. The highest BCUT2D eigenvalue weighted by molar-refractivity contribution is 5.37. The molecular formula is C10H18N4. The van der Waals surface area contributed by atoms with E-state index in [0.29, 0.717) is 11.6 Å². The van der Waals surface area contributed by atoms with Gasteiger partial charge in [0.15, 0.2) is 0 Å². The van der Waals surface area contributed by atoms with Gasteiger partial charge in [-0.2, -0.15) is 0 Å². The van der Waals surface area contributed by atoms with Gasteiger partial charge in [0, 0.05) is 5.54 Å². The number of nitrogens with two attached hydrogens (primary N) is 1. The predicted molar refractivity (Wildman–Crippen MR) is 59.1 cm³/mol. The number of aromatic nitrogens is 2. The lowest BCUT2D eigenvalue weighted by Crippen LogP contribution is -2.31. The van der Waals surface area contributed by atoms with Gasteiger partial charge < -0.3 is 11.1 Å². The average molecular weight is 194 g/mol. The first kappa shape index (κ1) is 10.8. The lowest BCUT2D eigenvalue weighted by molar-refractivity contribution is 0.507. The third-order valence-electron chi connectivity index (χ3n) is 2.00. The van der Waals surface area contributed by atoms with Crippen molar-refractivity contribution in [1.29, 1.82) is 0 Å². The van der Waals surface area contributed by atoms with Gasteiger partial charge in [0.2, 0.25) is 5.95 Å². The van der Waals surface area contributed by atoms with Crippen molar-refractivity contribution in [2.24, 2.45) is 0 Å². The molecule has 14 heavy (non-hydrogen) atoms. The van der Waals surface area contributed by atoms with Crippen molar-refractivity contribution in [2.75, 3.05) is 11.1 Å². The number of nitrogens with one attached hydrogen (secondary N) is 1. The van der Waals surface area contributed by atoms with E-state index in [9.17, 15) is 0 Å². The van der Waals surface area contributed by atoms with E-state index < -0.39 is 0 Å². The molecule has 0 atom stereocenters. The van der Waals surface area contributed by atoms with Crippen LogP contribution in [0.4, 0.5) is 11.6 Å². The van der Waals surface area contributed by atoms with Crippen molar-refractivity contribution < 1.29 is 0 Å². The van der Waals surface area contributed by atoms with Gasteiger partial charge in [-0.15, -0.1) is 0 Å². The van der Waals surface area contributed by atoms with Crippen molar-refractivity contribution in [3.63, 3.8) is 0 Å². The third-order valence-corrected chi connectivity index (χ3v) is 2.00. The molecule has 4 nitrogen and oxygen atoms in total. The summed E-state index contributed by atoms with van der Waals surface area (Å²) in [5.41, 5.74) is 6.12. The Morgan fingerprint density at radius 3 is 2.43 bits per heavy atom. The van der Waals surface area contributed by atoms with Crippen LogP contribution in [0.2, 0.25) is 0 Å². The van der Waals surface area contributed by atoms with Crippen LogP contribution < -0.4 is 11.1 Å². The van der Waals surface area contributed by atoms with Gasteiger partial charge >= 0.3 is 0 Å². The molecule has 0 aliphatic carbocycles. The highest BCUT2D eigenvalue weighted by atomic mass is 15.1. The van der Waals surface area contributed by atoms with E-state index in [1.54, 1.807) is 12.4 Å². The monoisotopic (exact) mass is 194 g/mol. The quantitative estimate of drug-likeness (QED) is 0.770. The van der Waals surface area contributed by atoms with Gasteiger partial charge in [-0.3, -0.25) is 0 Å². The number of anilines is 2. The van der Waals surface area contributed by atoms with Crippen molar-refractivity contribution in [3.8, 4) is 0 Å². The molecule has 0 unspecified atom stereocenters. The molecule has 1 rings (SSSR count). The Morgan fingerprint density at radius 2 is 1.93 bits per heavy atom. The van der Waals surface area contributed by atoms with Crippen LogP contribution >= 0.6 is 0 Å². The van der Waals surface area contributed by atoms with Crippen LogP contribution in [0.1, 0.15) is 33.6 Å². The Kier molecular flexibility index (Phi) is 3.28. The third kappa shape index (κ3) is 3.20. The number of nitrogens with zero attached hydrogens (tertiary/aromatic N) is 2. The van der Waals surface area contributed by atoms with E-state index >= 15 is 0 Å². The summed E-state index contributed by atoms with van der Waals surface area (Å²) in [6, 6.07) is 0. The molecule has 0 amide bonds. The second-order valence-corrected chi connectivity index (χ2v) is 4.10. The number of rotatable bonds is 4. The normalized spacial score (nSPS) is 11.4. The van der Waals surface area contributed by atoms with Crippen LogP contribution in [-0.2, 0) is 0 Å². The van der Waals surface area contributed by atoms with E-state index in [0.717, 1.165) is 12.8 Å². The van der Waals surface area contributed by atoms with Crippen molar-refractivity contribution >= 4 is 11.6 Å². The van der Waals surface area contributed by atoms with Crippen LogP contribution in [-0.4, -0.2) is 15.5 Å². The van der Waals surface area contributed by atoms with E-state index in [1.807, 2.05) is 0 Å². The second kappa shape index (κ2) is 4.26. The summed E-state index contributed by atoms with van der Waals surface area (Å²) < 4.78 is 0. The van der Waals surface area contributed by atoms with Gasteiger partial charge in [0.05, 0.1) is 18.1 Å². The summed E-state index contributed by atoms with van der Waals surface area (Å²) in [4.78, 5) is 8.20. The zero-order chi connectivity index (χ0) is 10.6. The molecule has 0 saturated carbocycles. The second-order valence-electron chi connectivity index (χ2n) is 4.10. The molecule has 78 valence electrons. The molecule has 0 radical (unpaired) electrons. The van der Waals surface area contributed by atoms with Gasteiger partial charge in [0.25, 0.3) is 0 Å². The standard InChI is InChI=1S/C10H18N4/c1-4-5-10(2,3)14-9-12-6-8(11)7-13-9/h6-7H,4-5,11H2,1-3H3,(H,12,13,14). The van der Waals surface area contributed by atoms with Crippen molar-refractivity contribution in [1.82, 2.24) is 9.97 Å². The SMILES string of the molecule is CCCC(C)(C)Nc1ncc(N)cn1. The lowest BCUT2D eigenvalue weighted by atomic mass is 9.99. The molecule has 0 aliphatic rings. The van der Waals surface area contributed by atoms with E-state index in [2.05, 4.69) is 36.1 Å². The zero-order valence-corrected chi connectivity index (χ0v) is 9.04. The summed E-state index contributed by atoms with van der Waals surface area (Å²) in [6.45, 7) is 6.43. The van der Waals surface area contributed by atoms with Gasteiger partial charge in [-0.1, -0.05) is 13.3 Å². The molecule has 1 heterocycles. The molecule has 1 aromatic rings. The number of hydrogen-bond acceptors (Lipinski definition) is 4. The summed E-state index contributed by atoms with van der Waals surface area (Å²) in [6.07, 6.45) is 5.43. The topological polar surface area (TPSA) is 63.8 Å². The van der Waals surface area contributed by atoms with Crippen molar-refractivity contribution in [2.45, 2.75) is 39.2 Å². The summed E-state index contributed by atoms with van der Waals surface area (Å²) in [7, 11) is 0. The average Bonchev–Trinajstić information content (AvgIpc) is 2.08. The molecule has 3 N–H and O–H groups in total. The van der Waals surface area contributed by atoms with Crippen LogP contribution in [0.15, 0.2) is 12.4 Å². The Labute approximate surface area is 85.0 Å². The Balaban J connectivity index is 2.64. The molecule has 1 aromatic heterocycles. The van der Waals surface area contributed by atoms with Gasteiger partial charge in [-0.25, -0.2) is 9.97 Å². The molecule has 0 saturated heterocycles. The highest BCUT2D eigenvalue weighted by Crippen LogP contribution is 2.16. The fourth-order valence-electron chi connectivity index (χ4n) is 1.39. The molecule has 0 aromatic carbocycles. The minimum Gasteiger partial charge on any atom is -0.396 e. The lowest BCUT2D eigenvalue weighted by Gasteiger charge is -2.25. The van der Waals surface area contributed by atoms with Crippen LogP contribution in [0, 0.1) is 0 Å². The van der Waals surface area contributed by atoms with Gasteiger partial charge in [-0.05, 0) is 20.3 Å². The van der Waals surface area contributed by atoms with Crippen LogP contribution in [0.5, 0.6) is 0 Å². The molecule has 0 aliphatic heterocycles. The summed E-state index contributed by atoms with van der Waals surface area (Å²) >= 11 is 0. The van der Waals surface area contributed by atoms with Crippen molar-refractivity contribution in [3.05, 3.63) is 12.4 Å². The first-order valence-electron chi connectivity index (χ1n) is 4.89. The maximum absolute atomic E-state index is 5.50. The number of hydrogen-bond donors (Lipinski definition) is 2. The predicted octanol–water partition coefficient (Wildman–Crippen LogP) is 2.05. The Morgan fingerprint density at radius 1 is 1.36 bits per heavy atom. The minimum atomic E-state index is 0.0326. The highest BCUT2D eigenvalue weighted by Gasteiger charge is 2.16. The molecular weight excluding hydrogens is 176 g/mol. The van der Waals surface area contributed by atoms with E-state index in [-0.39, 0.29) is 5.54 Å². The minimum absolute atomic E-state index is 0.0326. The maximum Gasteiger partial charge on any atom is 0.223 e. The smallest absolute Gasteiger partial charge is 0.223 e. The fourth-order valence-corrected chi connectivity index (χ4v) is 1.39. The first-order chi connectivity index (χ1) is 6.53. The van der Waals surface area contributed by atoms with Crippen LogP contribution in [0.3, 0.4) is 0 Å². The molecule has 4 heteroatoms.